The Morgan fingerprint density at radius 3 is 2.44 bits per heavy atom. The molecule has 0 aliphatic heterocycles. The lowest BCUT2D eigenvalue weighted by molar-refractivity contribution is 0.470. The van der Waals surface area contributed by atoms with Crippen LogP contribution < -0.4 is 5.32 Å². The molecule has 1 nitrogen and oxygen atoms in total. The first kappa shape index (κ1) is 13.1. The molecule has 1 rings (SSSR count). The van der Waals surface area contributed by atoms with Crippen molar-refractivity contribution >= 4 is 0 Å². The zero-order chi connectivity index (χ0) is 12.0. The Bertz CT molecular complexity index is 305. The molecule has 0 fully saturated rings. The molecule has 0 saturated carbocycles. The molecule has 0 amide bonds. The van der Waals surface area contributed by atoms with Crippen LogP contribution in [0.2, 0.25) is 0 Å². The fraction of sp³-hybridized carbons (Fsp3) is 0.538. The predicted molar refractivity (Wildman–Crippen MR) is 62.2 cm³/mol. The van der Waals surface area contributed by atoms with Gasteiger partial charge in [0, 0.05) is 18.2 Å². The van der Waals surface area contributed by atoms with Gasteiger partial charge in [-0.05, 0) is 25.5 Å². The summed E-state index contributed by atoms with van der Waals surface area (Å²) < 4.78 is 26.5. The van der Waals surface area contributed by atoms with Gasteiger partial charge in [0.2, 0.25) is 0 Å². The molecule has 1 unspecified atom stereocenters. The molecule has 0 bridgehead atoms. The first-order valence-electron chi connectivity index (χ1n) is 5.81. The normalized spacial score (nSPS) is 12.8. The minimum absolute atomic E-state index is 0.130. The van der Waals surface area contributed by atoms with Crippen LogP contribution in [0.1, 0.15) is 38.7 Å². The largest absolute Gasteiger partial charge is 0.310 e. The van der Waals surface area contributed by atoms with Crippen LogP contribution in [-0.2, 0) is 6.54 Å². The predicted octanol–water partition coefficient (Wildman–Crippen LogP) is 3.63. The molecular weight excluding hydrogens is 208 g/mol. The minimum atomic E-state index is -0.477. The third kappa shape index (κ3) is 3.89. The third-order valence-electron chi connectivity index (χ3n) is 2.68. The molecule has 0 aromatic heterocycles. The highest BCUT2D eigenvalue weighted by Crippen LogP contribution is 2.12. The quantitative estimate of drug-likeness (QED) is 0.782. The van der Waals surface area contributed by atoms with E-state index in [2.05, 4.69) is 12.2 Å². The molecule has 16 heavy (non-hydrogen) atoms. The maximum absolute atomic E-state index is 13.3. The number of hydrogen-bond acceptors (Lipinski definition) is 1. The van der Waals surface area contributed by atoms with E-state index in [9.17, 15) is 8.78 Å². The SMILES string of the molecule is CCCCC(C)NCc1c(F)cccc1F. The maximum Gasteiger partial charge on any atom is 0.130 e. The summed E-state index contributed by atoms with van der Waals surface area (Å²) in [5, 5.41) is 3.14. The smallest absolute Gasteiger partial charge is 0.130 e. The van der Waals surface area contributed by atoms with Gasteiger partial charge in [-0.2, -0.15) is 0 Å². The first-order valence-corrected chi connectivity index (χ1v) is 5.81. The van der Waals surface area contributed by atoms with E-state index in [1.807, 2.05) is 6.92 Å². The lowest BCUT2D eigenvalue weighted by atomic mass is 10.1. The van der Waals surface area contributed by atoms with Crippen molar-refractivity contribution in [2.75, 3.05) is 0 Å². The Balaban J connectivity index is 2.48. The summed E-state index contributed by atoms with van der Waals surface area (Å²) in [5.74, 6) is -0.953. The molecule has 0 saturated heterocycles. The van der Waals surface area contributed by atoms with Crippen molar-refractivity contribution in [3.8, 4) is 0 Å². The first-order chi connectivity index (χ1) is 7.65. The van der Waals surface area contributed by atoms with Crippen molar-refractivity contribution in [1.29, 1.82) is 0 Å². The molecule has 0 radical (unpaired) electrons. The summed E-state index contributed by atoms with van der Waals surface area (Å²) in [6.07, 6.45) is 3.31. The standard InChI is InChI=1S/C13H19F2N/c1-3-4-6-10(2)16-9-11-12(14)7-5-8-13(11)15/h5,7-8,10,16H,3-4,6,9H2,1-2H3. The van der Waals surface area contributed by atoms with Crippen LogP contribution in [0.5, 0.6) is 0 Å². The van der Waals surface area contributed by atoms with Crippen molar-refractivity contribution in [3.05, 3.63) is 35.4 Å². The van der Waals surface area contributed by atoms with Gasteiger partial charge in [0.25, 0.3) is 0 Å². The molecule has 0 aliphatic carbocycles. The summed E-state index contributed by atoms with van der Waals surface area (Å²) in [7, 11) is 0. The highest BCUT2D eigenvalue weighted by Gasteiger charge is 2.09. The van der Waals surface area contributed by atoms with Crippen LogP contribution in [0.25, 0.3) is 0 Å². The van der Waals surface area contributed by atoms with Crippen molar-refractivity contribution in [2.45, 2.75) is 45.7 Å². The molecule has 1 atom stereocenters. The van der Waals surface area contributed by atoms with E-state index in [0.29, 0.717) is 6.04 Å². The van der Waals surface area contributed by atoms with Gasteiger partial charge in [0.1, 0.15) is 11.6 Å². The van der Waals surface area contributed by atoms with Gasteiger partial charge in [0.15, 0.2) is 0 Å². The molecule has 0 heterocycles. The van der Waals surface area contributed by atoms with E-state index >= 15 is 0 Å². The summed E-state index contributed by atoms with van der Waals surface area (Å²) >= 11 is 0. The molecule has 0 aliphatic rings. The van der Waals surface area contributed by atoms with Gasteiger partial charge in [-0.1, -0.05) is 25.8 Å². The van der Waals surface area contributed by atoms with Gasteiger partial charge in [-0.25, -0.2) is 8.78 Å². The van der Waals surface area contributed by atoms with Gasteiger partial charge < -0.3 is 5.32 Å². The second kappa shape index (κ2) is 6.59. The lowest BCUT2D eigenvalue weighted by Crippen LogP contribution is -2.26. The summed E-state index contributed by atoms with van der Waals surface area (Å²) in [6, 6.07) is 4.25. The van der Waals surface area contributed by atoms with E-state index in [0.717, 1.165) is 19.3 Å². The number of benzene rings is 1. The summed E-state index contributed by atoms with van der Waals surface area (Å²) in [5.41, 5.74) is 0.130. The average molecular weight is 227 g/mol. The maximum atomic E-state index is 13.3. The van der Waals surface area contributed by atoms with E-state index < -0.39 is 11.6 Å². The van der Waals surface area contributed by atoms with Crippen LogP contribution in [-0.4, -0.2) is 6.04 Å². The van der Waals surface area contributed by atoms with Crippen LogP contribution in [0.3, 0.4) is 0 Å². The number of hydrogen-bond donors (Lipinski definition) is 1. The molecule has 1 aromatic rings. The second-order valence-electron chi connectivity index (χ2n) is 4.12. The molecular formula is C13H19F2N. The van der Waals surface area contributed by atoms with Crippen molar-refractivity contribution < 1.29 is 8.78 Å². The van der Waals surface area contributed by atoms with Crippen molar-refractivity contribution in [3.63, 3.8) is 0 Å². The Kier molecular flexibility index (Phi) is 5.39. The van der Waals surface area contributed by atoms with Crippen LogP contribution in [0.4, 0.5) is 8.78 Å². The van der Waals surface area contributed by atoms with E-state index in [4.69, 9.17) is 0 Å². The van der Waals surface area contributed by atoms with Crippen LogP contribution in [0.15, 0.2) is 18.2 Å². The van der Waals surface area contributed by atoms with Gasteiger partial charge in [0.05, 0.1) is 0 Å². The fourth-order valence-corrected chi connectivity index (χ4v) is 1.59. The van der Waals surface area contributed by atoms with Gasteiger partial charge in [-0.3, -0.25) is 0 Å². The minimum Gasteiger partial charge on any atom is -0.310 e. The second-order valence-corrected chi connectivity index (χ2v) is 4.12. The van der Waals surface area contributed by atoms with E-state index in [-0.39, 0.29) is 12.1 Å². The third-order valence-corrected chi connectivity index (χ3v) is 2.68. The molecule has 1 N–H and O–H groups in total. The Morgan fingerprint density at radius 1 is 1.25 bits per heavy atom. The molecule has 90 valence electrons. The summed E-state index contributed by atoms with van der Waals surface area (Å²) in [4.78, 5) is 0. The highest BCUT2D eigenvalue weighted by molar-refractivity contribution is 5.19. The highest BCUT2D eigenvalue weighted by atomic mass is 19.1. The molecule has 0 spiro atoms. The van der Waals surface area contributed by atoms with Gasteiger partial charge >= 0.3 is 0 Å². The van der Waals surface area contributed by atoms with E-state index in [1.54, 1.807) is 0 Å². The Hall–Kier alpha value is -0.960. The lowest BCUT2D eigenvalue weighted by Gasteiger charge is -2.13. The zero-order valence-corrected chi connectivity index (χ0v) is 9.89. The van der Waals surface area contributed by atoms with Crippen molar-refractivity contribution in [2.24, 2.45) is 0 Å². The number of halogens is 2. The number of rotatable bonds is 6. The molecule has 1 aromatic carbocycles. The topological polar surface area (TPSA) is 12.0 Å². The Labute approximate surface area is 95.9 Å². The average Bonchev–Trinajstić information content (AvgIpc) is 2.25. The zero-order valence-electron chi connectivity index (χ0n) is 9.89. The van der Waals surface area contributed by atoms with Crippen molar-refractivity contribution in [1.82, 2.24) is 5.32 Å². The fourth-order valence-electron chi connectivity index (χ4n) is 1.59. The van der Waals surface area contributed by atoms with Gasteiger partial charge in [-0.15, -0.1) is 0 Å². The summed E-state index contributed by atoms with van der Waals surface area (Å²) in [6.45, 7) is 4.42. The van der Waals surface area contributed by atoms with E-state index in [1.165, 1.54) is 18.2 Å². The number of nitrogens with one attached hydrogen (secondary N) is 1. The number of unbranched alkanes of at least 4 members (excludes halogenated alkanes) is 1. The molecule has 3 heteroatoms. The van der Waals surface area contributed by atoms with Crippen LogP contribution >= 0.6 is 0 Å². The van der Waals surface area contributed by atoms with Crippen LogP contribution in [0, 0.1) is 11.6 Å². The monoisotopic (exact) mass is 227 g/mol. The Morgan fingerprint density at radius 2 is 1.88 bits per heavy atom.